The highest BCUT2D eigenvalue weighted by molar-refractivity contribution is 5.98. The number of amides is 1. The summed E-state index contributed by atoms with van der Waals surface area (Å²) in [6.45, 7) is 1.44. The van der Waals surface area contributed by atoms with Gasteiger partial charge < -0.3 is 9.64 Å². The van der Waals surface area contributed by atoms with E-state index in [-0.39, 0.29) is 17.6 Å². The van der Waals surface area contributed by atoms with Gasteiger partial charge in [-0.2, -0.15) is 5.26 Å². The molecule has 140 valence electrons. The van der Waals surface area contributed by atoms with Crippen molar-refractivity contribution in [3.63, 3.8) is 0 Å². The SMILES string of the molecule is N#CC(=CC1=Cc2ccccc2OC1c1ccccc1)C(=O)N1CCCCC1. The van der Waals surface area contributed by atoms with Crippen LogP contribution in [0.2, 0.25) is 0 Å². The van der Waals surface area contributed by atoms with E-state index < -0.39 is 0 Å². The third kappa shape index (κ3) is 3.70. The van der Waals surface area contributed by atoms with Gasteiger partial charge in [0.15, 0.2) is 0 Å². The summed E-state index contributed by atoms with van der Waals surface area (Å²) < 4.78 is 6.25. The van der Waals surface area contributed by atoms with Gasteiger partial charge in [0, 0.05) is 18.7 Å². The molecule has 28 heavy (non-hydrogen) atoms. The van der Waals surface area contributed by atoms with Gasteiger partial charge in [0.05, 0.1) is 0 Å². The normalized spacial score (nSPS) is 19.1. The Morgan fingerprint density at radius 1 is 1.04 bits per heavy atom. The number of likely N-dealkylation sites (tertiary alicyclic amines) is 1. The second kappa shape index (κ2) is 8.14. The minimum Gasteiger partial charge on any atom is -0.480 e. The van der Waals surface area contributed by atoms with Gasteiger partial charge in [-0.3, -0.25) is 4.79 Å². The molecule has 0 aliphatic carbocycles. The summed E-state index contributed by atoms with van der Waals surface area (Å²) in [7, 11) is 0. The van der Waals surface area contributed by atoms with E-state index in [0.717, 1.165) is 54.8 Å². The summed E-state index contributed by atoms with van der Waals surface area (Å²) >= 11 is 0. The van der Waals surface area contributed by atoms with Crippen molar-refractivity contribution in [3.05, 3.63) is 82.9 Å². The molecule has 4 rings (SSSR count). The maximum Gasteiger partial charge on any atom is 0.264 e. The topological polar surface area (TPSA) is 53.3 Å². The first-order valence-electron chi connectivity index (χ1n) is 9.69. The molecule has 1 amide bonds. The summed E-state index contributed by atoms with van der Waals surface area (Å²) in [4.78, 5) is 14.6. The van der Waals surface area contributed by atoms with Crippen molar-refractivity contribution in [1.29, 1.82) is 5.26 Å². The number of para-hydroxylation sites is 1. The molecule has 1 saturated heterocycles. The fourth-order valence-corrected chi connectivity index (χ4v) is 3.74. The van der Waals surface area contributed by atoms with Crippen LogP contribution in [0, 0.1) is 11.3 Å². The minimum atomic E-state index is -0.353. The van der Waals surface area contributed by atoms with Crippen molar-refractivity contribution in [2.75, 3.05) is 13.1 Å². The number of hydrogen-bond donors (Lipinski definition) is 0. The molecule has 2 aliphatic heterocycles. The number of rotatable bonds is 3. The lowest BCUT2D eigenvalue weighted by atomic mass is 9.94. The lowest BCUT2D eigenvalue weighted by Crippen LogP contribution is -2.36. The van der Waals surface area contributed by atoms with Gasteiger partial charge in [-0.1, -0.05) is 48.5 Å². The predicted molar refractivity (Wildman–Crippen MR) is 108 cm³/mol. The van der Waals surface area contributed by atoms with Gasteiger partial charge >= 0.3 is 0 Å². The highest BCUT2D eigenvalue weighted by atomic mass is 16.5. The van der Waals surface area contributed by atoms with Crippen molar-refractivity contribution in [1.82, 2.24) is 4.90 Å². The van der Waals surface area contributed by atoms with Crippen molar-refractivity contribution in [2.45, 2.75) is 25.4 Å². The average molecular weight is 370 g/mol. The lowest BCUT2D eigenvalue weighted by molar-refractivity contribution is -0.127. The highest BCUT2D eigenvalue weighted by Crippen LogP contribution is 2.38. The molecule has 1 fully saturated rings. The quantitative estimate of drug-likeness (QED) is 0.583. The van der Waals surface area contributed by atoms with Crippen molar-refractivity contribution >= 4 is 12.0 Å². The van der Waals surface area contributed by atoms with Crippen molar-refractivity contribution < 1.29 is 9.53 Å². The van der Waals surface area contributed by atoms with Gasteiger partial charge in [-0.05, 0) is 48.6 Å². The number of hydrogen-bond acceptors (Lipinski definition) is 3. The Morgan fingerprint density at radius 2 is 1.75 bits per heavy atom. The molecule has 4 nitrogen and oxygen atoms in total. The van der Waals surface area contributed by atoms with Crippen LogP contribution in [0.5, 0.6) is 5.75 Å². The monoisotopic (exact) mass is 370 g/mol. The number of ether oxygens (including phenoxy) is 1. The number of nitrogens with zero attached hydrogens (tertiary/aromatic N) is 2. The number of fused-ring (bicyclic) bond motifs is 1. The molecule has 0 aromatic heterocycles. The maximum absolute atomic E-state index is 12.9. The third-order valence-corrected chi connectivity index (χ3v) is 5.20. The molecule has 0 bridgehead atoms. The molecule has 0 N–H and O–H groups in total. The lowest BCUT2D eigenvalue weighted by Gasteiger charge is -2.28. The number of nitriles is 1. The van der Waals surface area contributed by atoms with E-state index in [1.54, 1.807) is 11.0 Å². The van der Waals surface area contributed by atoms with Gasteiger partial charge in [-0.15, -0.1) is 0 Å². The molecule has 1 atom stereocenters. The Kier molecular flexibility index (Phi) is 5.25. The molecule has 2 aromatic carbocycles. The first-order chi connectivity index (χ1) is 13.8. The van der Waals surface area contributed by atoms with Crippen molar-refractivity contribution in [3.8, 4) is 11.8 Å². The van der Waals surface area contributed by atoms with Crippen LogP contribution < -0.4 is 4.74 Å². The van der Waals surface area contributed by atoms with Gasteiger partial charge in [0.2, 0.25) is 0 Å². The van der Waals surface area contributed by atoms with E-state index in [9.17, 15) is 10.1 Å². The van der Waals surface area contributed by atoms with Gasteiger partial charge in [0.25, 0.3) is 5.91 Å². The second-order valence-electron chi connectivity index (χ2n) is 7.11. The van der Waals surface area contributed by atoms with E-state index in [4.69, 9.17) is 4.74 Å². The number of piperidine rings is 1. The van der Waals surface area contributed by atoms with Crippen LogP contribution in [0.4, 0.5) is 0 Å². The Hall–Kier alpha value is -3.32. The standard InChI is InChI=1S/C24H22N2O2/c25-17-21(24(27)26-13-7-2-8-14-26)16-20-15-19-11-5-6-12-22(19)28-23(20)18-9-3-1-4-10-18/h1,3-6,9-12,15-16,23H,2,7-8,13-14H2. The molecular formula is C24H22N2O2. The smallest absolute Gasteiger partial charge is 0.264 e. The van der Waals surface area contributed by atoms with E-state index in [1.165, 1.54) is 0 Å². The van der Waals surface area contributed by atoms with Crippen LogP contribution in [-0.4, -0.2) is 23.9 Å². The Labute approximate surface area is 165 Å². The molecule has 0 radical (unpaired) electrons. The first kappa shape index (κ1) is 18.1. The van der Waals surface area contributed by atoms with Crippen LogP contribution >= 0.6 is 0 Å². The molecular weight excluding hydrogens is 348 g/mol. The van der Waals surface area contributed by atoms with E-state index >= 15 is 0 Å². The van der Waals surface area contributed by atoms with E-state index in [0.29, 0.717) is 0 Å². The predicted octanol–water partition coefficient (Wildman–Crippen LogP) is 4.67. The molecule has 0 spiro atoms. The molecule has 4 heteroatoms. The van der Waals surface area contributed by atoms with Crippen LogP contribution in [0.3, 0.4) is 0 Å². The zero-order valence-corrected chi connectivity index (χ0v) is 15.7. The molecule has 1 unspecified atom stereocenters. The van der Waals surface area contributed by atoms with E-state index in [1.807, 2.05) is 60.7 Å². The van der Waals surface area contributed by atoms with Crippen molar-refractivity contribution in [2.24, 2.45) is 0 Å². The fraction of sp³-hybridized carbons (Fsp3) is 0.250. The highest BCUT2D eigenvalue weighted by Gasteiger charge is 2.26. The fourth-order valence-electron chi connectivity index (χ4n) is 3.74. The minimum absolute atomic E-state index is 0.164. The Morgan fingerprint density at radius 3 is 2.50 bits per heavy atom. The maximum atomic E-state index is 12.9. The zero-order valence-electron chi connectivity index (χ0n) is 15.7. The molecule has 2 aromatic rings. The molecule has 2 heterocycles. The molecule has 2 aliphatic rings. The number of benzene rings is 2. The van der Waals surface area contributed by atoms with E-state index in [2.05, 4.69) is 6.07 Å². The first-order valence-corrected chi connectivity index (χ1v) is 9.69. The summed E-state index contributed by atoms with van der Waals surface area (Å²) in [5.74, 6) is 0.614. The average Bonchev–Trinajstić information content (AvgIpc) is 2.77. The Balaban J connectivity index is 1.72. The van der Waals surface area contributed by atoms with Crippen LogP contribution in [0.1, 0.15) is 36.5 Å². The second-order valence-corrected chi connectivity index (χ2v) is 7.11. The number of carbonyl (C=O) groups is 1. The molecule has 0 saturated carbocycles. The Bertz CT molecular complexity index is 964. The third-order valence-electron chi connectivity index (χ3n) is 5.20. The van der Waals surface area contributed by atoms with Crippen LogP contribution in [0.25, 0.3) is 6.08 Å². The van der Waals surface area contributed by atoms with Gasteiger partial charge in [0.1, 0.15) is 23.5 Å². The zero-order chi connectivity index (χ0) is 19.3. The van der Waals surface area contributed by atoms with Gasteiger partial charge in [-0.25, -0.2) is 0 Å². The summed E-state index contributed by atoms with van der Waals surface area (Å²) in [6.07, 6.45) is 6.49. The summed E-state index contributed by atoms with van der Waals surface area (Å²) in [5, 5.41) is 9.68. The number of carbonyl (C=O) groups excluding carboxylic acids is 1. The largest absolute Gasteiger partial charge is 0.480 e. The van der Waals surface area contributed by atoms with Crippen LogP contribution in [0.15, 0.2) is 71.8 Å². The van der Waals surface area contributed by atoms with Crippen LogP contribution in [-0.2, 0) is 4.79 Å². The summed E-state index contributed by atoms with van der Waals surface area (Å²) in [5.41, 5.74) is 2.91. The summed E-state index contributed by atoms with van der Waals surface area (Å²) in [6, 6.07) is 19.8.